The Hall–Kier alpha value is -0.800. The summed E-state index contributed by atoms with van der Waals surface area (Å²) in [7, 11) is 0. The van der Waals surface area contributed by atoms with E-state index in [2.05, 4.69) is 0 Å². The van der Waals surface area contributed by atoms with Crippen molar-refractivity contribution in [2.75, 3.05) is 6.54 Å². The van der Waals surface area contributed by atoms with Gasteiger partial charge in [0, 0.05) is 11.6 Å². The molecule has 0 aromatic heterocycles. The summed E-state index contributed by atoms with van der Waals surface area (Å²) in [5.74, 6) is -0.627. The van der Waals surface area contributed by atoms with Gasteiger partial charge in [-0.25, -0.2) is 4.39 Å². The van der Waals surface area contributed by atoms with Gasteiger partial charge in [-0.15, -0.1) is 0 Å². The highest BCUT2D eigenvalue weighted by molar-refractivity contribution is 6.31. The summed E-state index contributed by atoms with van der Waals surface area (Å²) >= 11 is 5.73. The largest absolute Gasteiger partial charge is 0.508 e. The fourth-order valence-corrected chi connectivity index (χ4v) is 1.40. The molecule has 0 unspecified atom stereocenters. The topological polar surface area (TPSA) is 46.2 Å². The number of benzene rings is 1. The van der Waals surface area contributed by atoms with E-state index < -0.39 is 5.82 Å². The van der Waals surface area contributed by atoms with Gasteiger partial charge in [-0.1, -0.05) is 11.6 Å². The average Bonchev–Trinajstić information content (AvgIpc) is 2.02. The van der Waals surface area contributed by atoms with Gasteiger partial charge in [0.2, 0.25) is 0 Å². The van der Waals surface area contributed by atoms with Crippen molar-refractivity contribution < 1.29 is 9.50 Å². The van der Waals surface area contributed by atoms with E-state index in [0.717, 1.165) is 6.07 Å². The third-order valence-electron chi connectivity index (χ3n) is 1.76. The monoisotopic (exact) mass is 203 g/mol. The smallest absolute Gasteiger partial charge is 0.131 e. The van der Waals surface area contributed by atoms with Crippen molar-refractivity contribution >= 4 is 11.6 Å². The number of rotatable bonds is 3. The Morgan fingerprint density at radius 2 is 2.15 bits per heavy atom. The Labute approximate surface area is 81.1 Å². The minimum absolute atomic E-state index is 0.154. The van der Waals surface area contributed by atoms with Crippen LogP contribution in [0, 0.1) is 5.82 Å². The van der Waals surface area contributed by atoms with E-state index in [1.165, 1.54) is 6.07 Å². The Bertz CT molecular complexity index is 281. The van der Waals surface area contributed by atoms with Crippen molar-refractivity contribution in [2.45, 2.75) is 12.8 Å². The van der Waals surface area contributed by atoms with Crippen LogP contribution in [0.1, 0.15) is 12.0 Å². The predicted molar refractivity (Wildman–Crippen MR) is 50.5 cm³/mol. The minimum atomic E-state index is -0.474. The normalized spacial score (nSPS) is 10.4. The number of hydrogen-bond acceptors (Lipinski definition) is 2. The van der Waals surface area contributed by atoms with E-state index in [1.54, 1.807) is 0 Å². The van der Waals surface area contributed by atoms with Gasteiger partial charge in [0.15, 0.2) is 0 Å². The molecule has 0 aliphatic carbocycles. The van der Waals surface area contributed by atoms with Gasteiger partial charge in [-0.05, 0) is 25.5 Å². The van der Waals surface area contributed by atoms with E-state index in [-0.39, 0.29) is 10.8 Å². The summed E-state index contributed by atoms with van der Waals surface area (Å²) in [5.41, 5.74) is 5.71. The fourth-order valence-electron chi connectivity index (χ4n) is 1.11. The maximum absolute atomic E-state index is 13.1. The maximum Gasteiger partial charge on any atom is 0.131 e. The highest BCUT2D eigenvalue weighted by Gasteiger charge is 2.08. The van der Waals surface area contributed by atoms with Crippen LogP contribution < -0.4 is 5.73 Å². The third kappa shape index (κ3) is 2.57. The van der Waals surface area contributed by atoms with E-state index in [4.69, 9.17) is 22.4 Å². The Morgan fingerprint density at radius 3 is 2.69 bits per heavy atom. The molecular weight excluding hydrogens is 193 g/mol. The lowest BCUT2D eigenvalue weighted by molar-refractivity contribution is 0.467. The molecule has 0 saturated carbocycles. The zero-order valence-corrected chi connectivity index (χ0v) is 7.81. The summed E-state index contributed by atoms with van der Waals surface area (Å²) < 4.78 is 13.1. The Balaban J connectivity index is 2.92. The van der Waals surface area contributed by atoms with E-state index in [9.17, 15) is 4.39 Å². The summed E-state index contributed by atoms with van der Waals surface area (Å²) in [6.07, 6.45) is 1.18. The van der Waals surface area contributed by atoms with Crippen LogP contribution in [0.5, 0.6) is 5.75 Å². The Kier molecular flexibility index (Phi) is 3.51. The molecule has 3 N–H and O–H groups in total. The summed E-state index contributed by atoms with van der Waals surface area (Å²) in [6.45, 7) is 0.497. The second-order valence-electron chi connectivity index (χ2n) is 2.78. The van der Waals surface area contributed by atoms with Crippen LogP contribution in [0.4, 0.5) is 4.39 Å². The van der Waals surface area contributed by atoms with Gasteiger partial charge in [0.25, 0.3) is 0 Å². The van der Waals surface area contributed by atoms with Crippen LogP contribution in [0.25, 0.3) is 0 Å². The number of aromatic hydroxyl groups is 1. The zero-order chi connectivity index (χ0) is 9.84. The molecule has 0 heterocycles. The second-order valence-corrected chi connectivity index (χ2v) is 3.19. The highest BCUT2D eigenvalue weighted by atomic mass is 35.5. The van der Waals surface area contributed by atoms with Crippen LogP contribution in [0.3, 0.4) is 0 Å². The first-order chi connectivity index (χ1) is 6.15. The molecule has 0 aliphatic heterocycles. The molecule has 1 aromatic rings. The summed E-state index contributed by atoms with van der Waals surface area (Å²) in [6, 6.07) is 2.38. The van der Waals surface area contributed by atoms with Crippen molar-refractivity contribution in [3.8, 4) is 5.75 Å². The summed E-state index contributed by atoms with van der Waals surface area (Å²) in [5, 5.41) is 9.25. The molecule has 0 spiro atoms. The van der Waals surface area contributed by atoms with Crippen molar-refractivity contribution in [2.24, 2.45) is 5.73 Å². The van der Waals surface area contributed by atoms with Gasteiger partial charge >= 0.3 is 0 Å². The van der Waals surface area contributed by atoms with Gasteiger partial charge < -0.3 is 10.8 Å². The number of hydrogen-bond donors (Lipinski definition) is 2. The lowest BCUT2D eigenvalue weighted by atomic mass is 10.1. The lowest BCUT2D eigenvalue weighted by Crippen LogP contribution is -2.02. The van der Waals surface area contributed by atoms with Gasteiger partial charge in [0.1, 0.15) is 11.6 Å². The number of nitrogens with two attached hydrogens (primary N) is 1. The molecule has 4 heteroatoms. The summed E-state index contributed by atoms with van der Waals surface area (Å²) in [4.78, 5) is 0. The molecule has 0 amide bonds. The predicted octanol–water partition coefficient (Wildman–Crippen LogP) is 2.08. The molecule has 13 heavy (non-hydrogen) atoms. The standard InChI is InChI=1S/C9H11ClFNO/c10-8-4-6(13)5-9(11)7(8)2-1-3-12/h4-5,13H,1-3,12H2. The second kappa shape index (κ2) is 4.44. The molecule has 0 saturated heterocycles. The molecule has 72 valence electrons. The highest BCUT2D eigenvalue weighted by Crippen LogP contribution is 2.25. The van der Waals surface area contributed by atoms with Crippen molar-refractivity contribution in [1.82, 2.24) is 0 Å². The molecule has 0 atom stereocenters. The zero-order valence-electron chi connectivity index (χ0n) is 7.06. The van der Waals surface area contributed by atoms with Crippen LogP contribution in [0.2, 0.25) is 5.02 Å². The van der Waals surface area contributed by atoms with E-state index in [0.29, 0.717) is 24.9 Å². The van der Waals surface area contributed by atoms with Crippen molar-refractivity contribution in [1.29, 1.82) is 0 Å². The van der Waals surface area contributed by atoms with E-state index >= 15 is 0 Å². The van der Waals surface area contributed by atoms with Crippen LogP contribution in [0.15, 0.2) is 12.1 Å². The molecule has 0 aliphatic rings. The first kappa shape index (κ1) is 10.3. The number of halogens is 2. The first-order valence-electron chi connectivity index (χ1n) is 4.02. The Morgan fingerprint density at radius 1 is 1.46 bits per heavy atom. The molecule has 2 nitrogen and oxygen atoms in total. The van der Waals surface area contributed by atoms with Crippen molar-refractivity contribution in [3.05, 3.63) is 28.5 Å². The third-order valence-corrected chi connectivity index (χ3v) is 2.09. The number of phenolic OH excluding ortho intramolecular Hbond substituents is 1. The molecule has 0 radical (unpaired) electrons. The van der Waals surface area contributed by atoms with Crippen molar-refractivity contribution in [3.63, 3.8) is 0 Å². The average molecular weight is 204 g/mol. The number of phenols is 1. The van der Waals surface area contributed by atoms with Gasteiger partial charge in [-0.3, -0.25) is 0 Å². The lowest BCUT2D eigenvalue weighted by Gasteiger charge is -2.05. The molecule has 1 rings (SSSR count). The molecule has 0 fully saturated rings. The molecular formula is C9H11ClFNO. The molecule has 0 bridgehead atoms. The maximum atomic E-state index is 13.1. The quantitative estimate of drug-likeness (QED) is 0.790. The SMILES string of the molecule is NCCCc1c(F)cc(O)cc1Cl. The van der Waals surface area contributed by atoms with Gasteiger partial charge in [-0.2, -0.15) is 0 Å². The van der Waals surface area contributed by atoms with Crippen LogP contribution >= 0.6 is 11.6 Å². The molecule has 1 aromatic carbocycles. The van der Waals surface area contributed by atoms with E-state index in [1.807, 2.05) is 0 Å². The fraction of sp³-hybridized carbons (Fsp3) is 0.333. The first-order valence-corrected chi connectivity index (χ1v) is 4.40. The van der Waals surface area contributed by atoms with Crippen LogP contribution in [-0.4, -0.2) is 11.7 Å². The van der Waals surface area contributed by atoms with Crippen LogP contribution in [-0.2, 0) is 6.42 Å². The minimum Gasteiger partial charge on any atom is -0.508 e. The van der Waals surface area contributed by atoms with Gasteiger partial charge in [0.05, 0.1) is 5.02 Å².